The quantitative estimate of drug-likeness (QED) is 0.711. The van der Waals surface area contributed by atoms with E-state index in [0.717, 1.165) is 30.5 Å². The molecule has 3 unspecified atom stereocenters. The van der Waals surface area contributed by atoms with E-state index in [1.54, 1.807) is 0 Å². The Morgan fingerprint density at radius 3 is 2.42 bits per heavy atom. The molecule has 1 aliphatic carbocycles. The zero-order chi connectivity index (χ0) is 21.6. The molecule has 31 heavy (non-hydrogen) atoms. The molecule has 1 heterocycles. The Bertz CT molecular complexity index is 930. The number of rotatable bonds is 6. The van der Waals surface area contributed by atoms with Crippen LogP contribution in [0.25, 0.3) is 0 Å². The second-order valence-corrected chi connectivity index (χ2v) is 8.37. The van der Waals surface area contributed by atoms with Crippen LogP contribution in [0.1, 0.15) is 50.6 Å². The Morgan fingerprint density at radius 2 is 1.71 bits per heavy atom. The summed E-state index contributed by atoms with van der Waals surface area (Å²) < 4.78 is 5.32. The van der Waals surface area contributed by atoms with Crippen LogP contribution in [0.3, 0.4) is 0 Å². The van der Waals surface area contributed by atoms with Gasteiger partial charge in [-0.05, 0) is 36.5 Å². The van der Waals surface area contributed by atoms with Crippen molar-refractivity contribution in [1.29, 1.82) is 0 Å². The first kappa shape index (κ1) is 21.1. The molecule has 1 N–H and O–H groups in total. The molecule has 0 spiro atoms. The van der Waals surface area contributed by atoms with Crippen LogP contribution in [-0.2, 0) is 14.3 Å². The van der Waals surface area contributed by atoms with Crippen LogP contribution in [0.15, 0.2) is 65.8 Å². The van der Waals surface area contributed by atoms with Crippen molar-refractivity contribution in [3.05, 3.63) is 66.2 Å². The number of carbonyl (C=O) groups is 2. The second kappa shape index (κ2) is 9.77. The van der Waals surface area contributed by atoms with Crippen LogP contribution in [0.2, 0.25) is 0 Å². The van der Waals surface area contributed by atoms with Crippen LogP contribution in [-0.4, -0.2) is 30.2 Å². The standard InChI is InChI=1S/C25H29N3O3/c1-18-10-8-9-15-21(18)26-24(29)17-31-25(30)22-16-23(19-11-4-2-5-12-19)28(27-22)20-13-6-3-7-14-20/h2-7,11-14,18,21,23H,8-10,15-17H2,1H3,(H,26,29). The van der Waals surface area contributed by atoms with Crippen molar-refractivity contribution < 1.29 is 14.3 Å². The van der Waals surface area contributed by atoms with Gasteiger partial charge in [-0.1, -0.05) is 68.3 Å². The first-order valence-corrected chi connectivity index (χ1v) is 11.0. The third kappa shape index (κ3) is 5.13. The molecule has 2 aromatic rings. The second-order valence-electron chi connectivity index (χ2n) is 8.37. The van der Waals surface area contributed by atoms with Crippen molar-refractivity contribution >= 4 is 23.3 Å². The summed E-state index contributed by atoms with van der Waals surface area (Å²) in [5, 5.41) is 9.44. The topological polar surface area (TPSA) is 71.0 Å². The molecule has 1 fully saturated rings. The average molecular weight is 420 g/mol. The zero-order valence-corrected chi connectivity index (χ0v) is 17.9. The summed E-state index contributed by atoms with van der Waals surface area (Å²) in [5.41, 5.74) is 2.31. The van der Waals surface area contributed by atoms with Gasteiger partial charge in [0.15, 0.2) is 6.61 Å². The number of hydrogen-bond donors (Lipinski definition) is 1. The normalized spacial score (nSPS) is 23.2. The van der Waals surface area contributed by atoms with E-state index in [1.165, 1.54) is 6.42 Å². The van der Waals surface area contributed by atoms with Crippen LogP contribution < -0.4 is 10.3 Å². The predicted molar refractivity (Wildman–Crippen MR) is 121 cm³/mol. The number of hydrogen-bond acceptors (Lipinski definition) is 5. The van der Waals surface area contributed by atoms with Gasteiger partial charge in [0.2, 0.25) is 0 Å². The van der Waals surface area contributed by atoms with E-state index in [9.17, 15) is 9.59 Å². The Morgan fingerprint density at radius 1 is 1.03 bits per heavy atom. The van der Waals surface area contributed by atoms with Gasteiger partial charge in [0.1, 0.15) is 5.71 Å². The number of benzene rings is 2. The van der Waals surface area contributed by atoms with Crippen molar-refractivity contribution in [2.24, 2.45) is 11.0 Å². The van der Waals surface area contributed by atoms with Gasteiger partial charge in [-0.15, -0.1) is 0 Å². The molecule has 6 nitrogen and oxygen atoms in total. The largest absolute Gasteiger partial charge is 0.451 e. The van der Waals surface area contributed by atoms with Crippen LogP contribution >= 0.6 is 0 Å². The molecule has 4 rings (SSSR count). The van der Waals surface area contributed by atoms with Crippen LogP contribution in [0.4, 0.5) is 5.69 Å². The minimum absolute atomic E-state index is 0.0944. The lowest BCUT2D eigenvalue weighted by Gasteiger charge is -2.29. The van der Waals surface area contributed by atoms with Crippen molar-refractivity contribution in [2.75, 3.05) is 11.6 Å². The molecule has 2 aromatic carbocycles. The number of anilines is 1. The SMILES string of the molecule is CC1CCCCC1NC(=O)COC(=O)C1=NN(c2ccccc2)C(c2ccccc2)C1. The van der Waals surface area contributed by atoms with E-state index in [2.05, 4.69) is 17.3 Å². The number of amides is 1. The molecule has 0 radical (unpaired) electrons. The number of ether oxygens (including phenoxy) is 1. The summed E-state index contributed by atoms with van der Waals surface area (Å²) in [6, 6.07) is 19.8. The van der Waals surface area contributed by atoms with E-state index in [-0.39, 0.29) is 24.6 Å². The number of carbonyl (C=O) groups excluding carboxylic acids is 2. The summed E-state index contributed by atoms with van der Waals surface area (Å²) >= 11 is 0. The van der Waals surface area contributed by atoms with E-state index >= 15 is 0 Å². The third-order valence-electron chi connectivity index (χ3n) is 6.14. The molecule has 0 aromatic heterocycles. The van der Waals surface area contributed by atoms with E-state index in [0.29, 0.717) is 18.1 Å². The summed E-state index contributed by atoms with van der Waals surface area (Å²) in [7, 11) is 0. The molecule has 1 saturated carbocycles. The fourth-order valence-electron chi connectivity index (χ4n) is 4.38. The Balaban J connectivity index is 1.41. The van der Waals surface area contributed by atoms with Crippen LogP contribution in [0, 0.1) is 5.92 Å². The van der Waals surface area contributed by atoms with Gasteiger partial charge in [-0.3, -0.25) is 9.80 Å². The molecule has 3 atom stereocenters. The minimum atomic E-state index is -0.536. The van der Waals surface area contributed by atoms with Crippen molar-refractivity contribution in [3.63, 3.8) is 0 Å². The summed E-state index contributed by atoms with van der Waals surface area (Å²) in [6.07, 6.45) is 4.88. The molecule has 0 saturated heterocycles. The highest BCUT2D eigenvalue weighted by atomic mass is 16.5. The predicted octanol–water partition coefficient (Wildman–Crippen LogP) is 4.23. The number of nitrogens with zero attached hydrogens (tertiary/aromatic N) is 2. The lowest BCUT2D eigenvalue weighted by Crippen LogP contribution is -2.43. The smallest absolute Gasteiger partial charge is 0.355 e. The summed E-state index contributed by atoms with van der Waals surface area (Å²) in [4.78, 5) is 25.0. The Kier molecular flexibility index (Phi) is 6.65. The molecular formula is C25H29N3O3. The minimum Gasteiger partial charge on any atom is -0.451 e. The average Bonchev–Trinajstić information content (AvgIpc) is 3.26. The molecule has 162 valence electrons. The summed E-state index contributed by atoms with van der Waals surface area (Å²) in [6.45, 7) is 1.88. The van der Waals surface area contributed by atoms with Gasteiger partial charge in [-0.2, -0.15) is 5.10 Å². The lowest BCUT2D eigenvalue weighted by atomic mass is 9.86. The van der Waals surface area contributed by atoms with Gasteiger partial charge in [0, 0.05) is 12.5 Å². The fraction of sp³-hybridized carbons (Fsp3) is 0.400. The van der Waals surface area contributed by atoms with Gasteiger partial charge >= 0.3 is 5.97 Å². The molecule has 6 heteroatoms. The molecule has 1 amide bonds. The first-order valence-electron chi connectivity index (χ1n) is 11.0. The monoisotopic (exact) mass is 419 g/mol. The molecule has 0 bridgehead atoms. The number of nitrogens with one attached hydrogen (secondary N) is 1. The number of hydrazone groups is 1. The van der Waals surface area contributed by atoms with Gasteiger partial charge in [0.05, 0.1) is 11.7 Å². The highest BCUT2D eigenvalue weighted by Gasteiger charge is 2.33. The van der Waals surface area contributed by atoms with E-state index in [1.807, 2.05) is 65.7 Å². The highest BCUT2D eigenvalue weighted by Crippen LogP contribution is 2.35. The molecule has 1 aliphatic heterocycles. The maximum atomic E-state index is 12.7. The fourth-order valence-corrected chi connectivity index (χ4v) is 4.38. The number of para-hydroxylation sites is 1. The lowest BCUT2D eigenvalue weighted by molar-refractivity contribution is -0.142. The van der Waals surface area contributed by atoms with Gasteiger partial charge in [0.25, 0.3) is 5.91 Å². The molecule has 2 aliphatic rings. The van der Waals surface area contributed by atoms with Gasteiger partial charge in [-0.25, -0.2) is 4.79 Å². The Hall–Kier alpha value is -3.15. The number of esters is 1. The highest BCUT2D eigenvalue weighted by molar-refractivity contribution is 6.37. The Labute approximate surface area is 183 Å². The van der Waals surface area contributed by atoms with Gasteiger partial charge < -0.3 is 10.1 Å². The maximum absolute atomic E-state index is 12.7. The molecular weight excluding hydrogens is 390 g/mol. The maximum Gasteiger partial charge on any atom is 0.355 e. The third-order valence-corrected chi connectivity index (χ3v) is 6.14. The summed E-state index contributed by atoms with van der Waals surface area (Å²) in [5.74, 6) is -0.324. The van der Waals surface area contributed by atoms with E-state index < -0.39 is 5.97 Å². The van der Waals surface area contributed by atoms with Crippen LogP contribution in [0.5, 0.6) is 0 Å². The van der Waals surface area contributed by atoms with Crippen molar-refractivity contribution in [3.8, 4) is 0 Å². The van der Waals surface area contributed by atoms with Crippen molar-refractivity contribution in [2.45, 2.75) is 51.1 Å². The van der Waals surface area contributed by atoms with E-state index in [4.69, 9.17) is 4.74 Å². The first-order chi connectivity index (χ1) is 15.1. The van der Waals surface area contributed by atoms with Crippen molar-refractivity contribution in [1.82, 2.24) is 5.32 Å². The zero-order valence-electron chi connectivity index (χ0n) is 17.9.